The second-order valence-electron chi connectivity index (χ2n) is 6.83. The van der Waals surface area contributed by atoms with Gasteiger partial charge < -0.3 is 4.74 Å². The molecule has 0 saturated heterocycles. The highest BCUT2D eigenvalue weighted by molar-refractivity contribution is 7.15. The fourth-order valence-corrected chi connectivity index (χ4v) is 4.93. The Balaban J connectivity index is 1.47. The molecule has 1 amide bonds. The molecule has 140 valence electrons. The second-order valence-corrected chi connectivity index (χ2v) is 8.98. The van der Waals surface area contributed by atoms with Crippen LogP contribution in [0.5, 0.6) is 5.75 Å². The highest BCUT2D eigenvalue weighted by Crippen LogP contribution is 2.32. The Bertz CT molecular complexity index is 964. The maximum absolute atomic E-state index is 12.8. The molecule has 27 heavy (non-hydrogen) atoms. The normalized spacial score (nSPS) is 16.0. The van der Waals surface area contributed by atoms with Crippen LogP contribution in [0.3, 0.4) is 0 Å². The first-order valence-electron chi connectivity index (χ1n) is 9.01. The van der Waals surface area contributed by atoms with Gasteiger partial charge in [-0.05, 0) is 44.2 Å². The van der Waals surface area contributed by atoms with E-state index in [0.29, 0.717) is 29.0 Å². The number of ether oxygens (including phenoxy) is 1. The summed E-state index contributed by atoms with van der Waals surface area (Å²) in [6.07, 6.45) is 3.21. The minimum atomic E-state index is -0.195. The van der Waals surface area contributed by atoms with Crippen molar-refractivity contribution >= 4 is 33.7 Å². The first-order valence-corrected chi connectivity index (χ1v) is 10.7. The molecule has 1 unspecified atom stereocenters. The number of hydrogen-bond donors (Lipinski definition) is 1. The number of rotatable bonds is 5. The molecule has 1 aromatic carbocycles. The molecule has 5 nitrogen and oxygen atoms in total. The van der Waals surface area contributed by atoms with Crippen molar-refractivity contribution in [3.05, 3.63) is 56.5 Å². The van der Waals surface area contributed by atoms with Crippen molar-refractivity contribution in [1.82, 2.24) is 9.97 Å². The number of benzene rings is 1. The Morgan fingerprint density at radius 2 is 2.19 bits per heavy atom. The monoisotopic (exact) mass is 399 g/mol. The Kier molecular flexibility index (Phi) is 5.22. The topological polar surface area (TPSA) is 64.1 Å². The van der Waals surface area contributed by atoms with Crippen LogP contribution in [-0.2, 0) is 19.4 Å². The number of hydrogen-bond acceptors (Lipinski definition) is 6. The van der Waals surface area contributed by atoms with Crippen LogP contribution >= 0.6 is 22.7 Å². The lowest BCUT2D eigenvalue weighted by molar-refractivity contribution is 0.102. The number of anilines is 1. The molecule has 0 saturated carbocycles. The van der Waals surface area contributed by atoms with Gasteiger partial charge in [0.25, 0.3) is 5.91 Å². The molecule has 4 rings (SSSR count). The van der Waals surface area contributed by atoms with Gasteiger partial charge in [0.1, 0.15) is 12.4 Å². The van der Waals surface area contributed by atoms with Crippen molar-refractivity contribution < 1.29 is 9.53 Å². The lowest BCUT2D eigenvalue weighted by Crippen LogP contribution is -2.13. The Hall–Kier alpha value is -2.25. The number of nitrogens with one attached hydrogen (secondary N) is 1. The molecule has 1 aliphatic rings. The number of amides is 1. The lowest BCUT2D eigenvalue weighted by atomic mass is 9.93. The molecule has 0 bridgehead atoms. The summed E-state index contributed by atoms with van der Waals surface area (Å²) >= 11 is 3.18. The molecule has 0 radical (unpaired) electrons. The third kappa shape index (κ3) is 4.20. The number of fused-ring (bicyclic) bond motifs is 1. The van der Waals surface area contributed by atoms with E-state index in [4.69, 9.17) is 4.74 Å². The van der Waals surface area contributed by atoms with E-state index in [9.17, 15) is 4.79 Å². The summed E-state index contributed by atoms with van der Waals surface area (Å²) < 4.78 is 5.86. The molecule has 0 spiro atoms. The molecule has 2 heterocycles. The van der Waals surface area contributed by atoms with E-state index in [1.807, 2.05) is 30.5 Å². The van der Waals surface area contributed by atoms with Gasteiger partial charge in [-0.2, -0.15) is 0 Å². The van der Waals surface area contributed by atoms with Gasteiger partial charge in [0.05, 0.1) is 22.0 Å². The van der Waals surface area contributed by atoms with Crippen LogP contribution in [0.25, 0.3) is 0 Å². The van der Waals surface area contributed by atoms with Crippen molar-refractivity contribution in [1.29, 1.82) is 0 Å². The highest BCUT2D eigenvalue weighted by Gasteiger charge is 2.21. The third-order valence-corrected chi connectivity index (χ3v) is 6.44. The van der Waals surface area contributed by atoms with Crippen molar-refractivity contribution in [2.75, 3.05) is 5.32 Å². The van der Waals surface area contributed by atoms with Crippen molar-refractivity contribution in [3.63, 3.8) is 0 Å². The van der Waals surface area contributed by atoms with E-state index in [0.717, 1.165) is 35.7 Å². The van der Waals surface area contributed by atoms with Crippen molar-refractivity contribution in [2.24, 2.45) is 5.92 Å². The van der Waals surface area contributed by atoms with E-state index in [1.165, 1.54) is 4.88 Å². The van der Waals surface area contributed by atoms with Crippen LogP contribution in [0, 0.1) is 12.8 Å². The van der Waals surface area contributed by atoms with Crippen LogP contribution in [0.4, 0.5) is 5.13 Å². The number of thiazole rings is 2. The Labute approximate surface area is 166 Å². The summed E-state index contributed by atoms with van der Waals surface area (Å²) in [4.78, 5) is 23.1. The van der Waals surface area contributed by atoms with Crippen LogP contribution in [0.1, 0.15) is 45.0 Å². The molecule has 0 fully saturated rings. The highest BCUT2D eigenvalue weighted by atomic mass is 32.1. The predicted molar refractivity (Wildman–Crippen MR) is 109 cm³/mol. The van der Waals surface area contributed by atoms with E-state index >= 15 is 0 Å². The summed E-state index contributed by atoms with van der Waals surface area (Å²) in [7, 11) is 0. The lowest BCUT2D eigenvalue weighted by Gasteiger charge is -2.15. The zero-order chi connectivity index (χ0) is 18.8. The van der Waals surface area contributed by atoms with Gasteiger partial charge in [0, 0.05) is 10.3 Å². The minimum absolute atomic E-state index is 0.195. The quantitative estimate of drug-likeness (QED) is 0.665. The summed E-state index contributed by atoms with van der Waals surface area (Å²) in [5, 5.41) is 6.59. The fourth-order valence-electron chi connectivity index (χ4n) is 3.16. The SMILES string of the molecule is Cc1nc(COc2ccccc2C(=O)Nc2nc3c(s2)CC(C)CC3)cs1. The summed E-state index contributed by atoms with van der Waals surface area (Å²) in [5.41, 5.74) is 2.51. The second kappa shape index (κ2) is 7.78. The Morgan fingerprint density at radius 1 is 1.33 bits per heavy atom. The van der Waals surface area contributed by atoms with Gasteiger partial charge in [0.2, 0.25) is 0 Å². The number of aromatic nitrogens is 2. The fraction of sp³-hybridized carbons (Fsp3) is 0.350. The molecule has 1 aliphatic carbocycles. The molecule has 3 aromatic rings. The summed E-state index contributed by atoms with van der Waals surface area (Å²) in [6.45, 7) is 4.57. The molecule has 0 aliphatic heterocycles. The minimum Gasteiger partial charge on any atom is -0.486 e. The number of para-hydroxylation sites is 1. The first kappa shape index (κ1) is 18.1. The predicted octanol–water partition coefficient (Wildman–Crippen LogP) is 4.86. The van der Waals surface area contributed by atoms with Crippen LogP contribution < -0.4 is 10.1 Å². The maximum atomic E-state index is 12.8. The summed E-state index contributed by atoms with van der Waals surface area (Å²) in [5.74, 6) is 1.04. The molecule has 1 N–H and O–H groups in total. The van der Waals surface area contributed by atoms with Gasteiger partial charge in [-0.3, -0.25) is 10.1 Å². The average molecular weight is 400 g/mol. The van der Waals surface area contributed by atoms with Gasteiger partial charge in [-0.25, -0.2) is 9.97 Å². The van der Waals surface area contributed by atoms with Crippen LogP contribution in [0.2, 0.25) is 0 Å². The number of aryl methyl sites for hydroxylation is 2. The van der Waals surface area contributed by atoms with E-state index in [1.54, 1.807) is 28.7 Å². The third-order valence-electron chi connectivity index (χ3n) is 4.58. The number of nitrogens with zero attached hydrogens (tertiary/aromatic N) is 2. The first-order chi connectivity index (χ1) is 13.1. The van der Waals surface area contributed by atoms with Gasteiger partial charge >= 0.3 is 0 Å². The molecule has 2 aromatic heterocycles. The molecule has 1 atom stereocenters. The standard InChI is InChI=1S/C20H21N3O2S2/c1-12-7-8-16-18(9-12)27-20(22-16)23-19(24)15-5-3-4-6-17(15)25-10-14-11-26-13(2)21-14/h3-6,11-12H,7-10H2,1-2H3,(H,22,23,24). The largest absolute Gasteiger partial charge is 0.486 e. The van der Waals surface area contributed by atoms with Gasteiger partial charge in [-0.1, -0.05) is 19.1 Å². The summed E-state index contributed by atoms with van der Waals surface area (Å²) in [6, 6.07) is 7.28. The van der Waals surface area contributed by atoms with E-state index in [2.05, 4.69) is 22.2 Å². The number of carbonyl (C=O) groups excluding carboxylic acids is 1. The zero-order valence-electron chi connectivity index (χ0n) is 15.3. The number of carbonyl (C=O) groups is 1. The Morgan fingerprint density at radius 3 is 3.00 bits per heavy atom. The van der Waals surface area contributed by atoms with Gasteiger partial charge in [-0.15, -0.1) is 22.7 Å². The van der Waals surface area contributed by atoms with E-state index in [-0.39, 0.29) is 5.91 Å². The maximum Gasteiger partial charge on any atom is 0.261 e. The van der Waals surface area contributed by atoms with E-state index < -0.39 is 0 Å². The van der Waals surface area contributed by atoms with Crippen LogP contribution in [-0.4, -0.2) is 15.9 Å². The zero-order valence-corrected chi connectivity index (χ0v) is 17.0. The molecular weight excluding hydrogens is 378 g/mol. The van der Waals surface area contributed by atoms with Crippen molar-refractivity contribution in [3.8, 4) is 5.75 Å². The molecule has 7 heteroatoms. The smallest absolute Gasteiger partial charge is 0.261 e. The van der Waals surface area contributed by atoms with Crippen molar-refractivity contribution in [2.45, 2.75) is 39.7 Å². The van der Waals surface area contributed by atoms with Crippen LogP contribution in [0.15, 0.2) is 29.6 Å². The molecular formula is C20H21N3O2S2. The van der Waals surface area contributed by atoms with Gasteiger partial charge in [0.15, 0.2) is 5.13 Å². The average Bonchev–Trinajstić information content (AvgIpc) is 3.25.